The number of aromatic nitrogens is 1. The molecular formula is C15H15F3N2O2S. The molecule has 0 aliphatic heterocycles. The van der Waals surface area contributed by atoms with Crippen molar-refractivity contribution >= 4 is 22.4 Å². The van der Waals surface area contributed by atoms with Crippen LogP contribution in [0.25, 0.3) is 0 Å². The molecule has 23 heavy (non-hydrogen) atoms. The Morgan fingerprint density at radius 1 is 1.30 bits per heavy atom. The van der Waals surface area contributed by atoms with Gasteiger partial charge in [-0.3, -0.25) is 4.79 Å². The Balaban J connectivity index is 1.70. The first-order chi connectivity index (χ1) is 10.8. The third-order valence-electron chi connectivity index (χ3n) is 2.87. The molecule has 124 valence electrons. The van der Waals surface area contributed by atoms with E-state index in [1.807, 2.05) is 6.92 Å². The standard InChI is InChI=1S/C15H15F3N2O2S/c1-10-9-19-14(23-10)20-13(21)3-2-8-22-12-6-4-11(5-7-12)15(16,17)18/h4-7,9H,2-3,8H2,1H3,(H,19,20,21). The first-order valence-corrected chi connectivity index (χ1v) is 7.68. The largest absolute Gasteiger partial charge is 0.494 e. The number of nitrogens with zero attached hydrogens (tertiary/aromatic N) is 1. The molecular weight excluding hydrogens is 329 g/mol. The molecule has 0 aliphatic rings. The third-order valence-corrected chi connectivity index (χ3v) is 3.69. The summed E-state index contributed by atoms with van der Waals surface area (Å²) in [6.07, 6.45) is -1.98. The van der Waals surface area contributed by atoms with E-state index in [2.05, 4.69) is 10.3 Å². The lowest BCUT2D eigenvalue weighted by Gasteiger charge is -2.09. The number of halogens is 3. The Bertz CT molecular complexity index is 653. The summed E-state index contributed by atoms with van der Waals surface area (Å²) in [4.78, 5) is 16.7. The van der Waals surface area contributed by atoms with Gasteiger partial charge in [-0.1, -0.05) is 0 Å². The summed E-state index contributed by atoms with van der Waals surface area (Å²) in [5.41, 5.74) is -0.719. The lowest BCUT2D eigenvalue weighted by Crippen LogP contribution is -2.12. The van der Waals surface area contributed by atoms with Crippen molar-refractivity contribution < 1.29 is 22.7 Å². The molecule has 0 aliphatic carbocycles. The van der Waals surface area contributed by atoms with Crippen LogP contribution >= 0.6 is 11.3 Å². The van der Waals surface area contributed by atoms with Gasteiger partial charge in [0.1, 0.15) is 5.75 Å². The normalized spacial score (nSPS) is 11.3. The second-order valence-electron chi connectivity index (χ2n) is 4.80. The molecule has 1 heterocycles. The van der Waals surface area contributed by atoms with E-state index in [0.29, 0.717) is 17.3 Å². The van der Waals surface area contributed by atoms with Crippen molar-refractivity contribution in [1.29, 1.82) is 0 Å². The summed E-state index contributed by atoms with van der Waals surface area (Å²) >= 11 is 1.39. The number of carbonyl (C=O) groups excluding carboxylic acids is 1. The topological polar surface area (TPSA) is 51.2 Å². The molecule has 0 saturated carbocycles. The molecule has 0 radical (unpaired) electrons. The molecule has 8 heteroatoms. The number of hydrogen-bond donors (Lipinski definition) is 1. The van der Waals surface area contributed by atoms with Crippen molar-refractivity contribution in [1.82, 2.24) is 4.98 Å². The van der Waals surface area contributed by atoms with Crippen molar-refractivity contribution in [3.05, 3.63) is 40.9 Å². The number of benzene rings is 1. The number of thiazole rings is 1. The first-order valence-electron chi connectivity index (χ1n) is 6.87. The van der Waals surface area contributed by atoms with E-state index >= 15 is 0 Å². The maximum atomic E-state index is 12.4. The van der Waals surface area contributed by atoms with Gasteiger partial charge in [-0.25, -0.2) is 4.98 Å². The highest BCUT2D eigenvalue weighted by Crippen LogP contribution is 2.30. The van der Waals surface area contributed by atoms with Gasteiger partial charge < -0.3 is 10.1 Å². The van der Waals surface area contributed by atoms with Gasteiger partial charge in [0.15, 0.2) is 5.13 Å². The van der Waals surface area contributed by atoms with Gasteiger partial charge in [-0.05, 0) is 37.6 Å². The van der Waals surface area contributed by atoms with E-state index in [4.69, 9.17) is 4.74 Å². The van der Waals surface area contributed by atoms with E-state index in [-0.39, 0.29) is 18.9 Å². The molecule has 4 nitrogen and oxygen atoms in total. The molecule has 1 aromatic heterocycles. The Kier molecular flexibility index (Phi) is 5.59. The van der Waals surface area contributed by atoms with E-state index in [0.717, 1.165) is 17.0 Å². The van der Waals surface area contributed by atoms with Crippen molar-refractivity contribution in [2.75, 3.05) is 11.9 Å². The van der Waals surface area contributed by atoms with Crippen molar-refractivity contribution in [2.24, 2.45) is 0 Å². The van der Waals surface area contributed by atoms with Crippen LogP contribution in [-0.2, 0) is 11.0 Å². The Hall–Kier alpha value is -2.09. The third kappa shape index (κ3) is 5.55. The molecule has 0 unspecified atom stereocenters. The van der Waals surface area contributed by atoms with Crippen molar-refractivity contribution in [3.63, 3.8) is 0 Å². The van der Waals surface area contributed by atoms with Gasteiger partial charge in [-0.2, -0.15) is 13.2 Å². The van der Waals surface area contributed by atoms with Crippen LogP contribution < -0.4 is 10.1 Å². The number of nitrogens with one attached hydrogen (secondary N) is 1. The minimum Gasteiger partial charge on any atom is -0.494 e. The zero-order valence-corrected chi connectivity index (χ0v) is 13.1. The van der Waals surface area contributed by atoms with Crippen LogP contribution in [0.5, 0.6) is 5.75 Å². The molecule has 1 N–H and O–H groups in total. The van der Waals surface area contributed by atoms with E-state index in [1.165, 1.54) is 23.5 Å². The first kappa shape index (κ1) is 17.3. The van der Waals surface area contributed by atoms with E-state index < -0.39 is 11.7 Å². The zero-order chi connectivity index (χ0) is 16.9. The summed E-state index contributed by atoms with van der Waals surface area (Å²) in [5, 5.41) is 3.23. The highest BCUT2D eigenvalue weighted by molar-refractivity contribution is 7.15. The number of aryl methyl sites for hydroxylation is 1. The molecule has 0 saturated heterocycles. The molecule has 0 bridgehead atoms. The fraction of sp³-hybridized carbons (Fsp3) is 0.333. The summed E-state index contributed by atoms with van der Waals surface area (Å²) in [7, 11) is 0. The summed E-state index contributed by atoms with van der Waals surface area (Å²) in [6.45, 7) is 2.14. The van der Waals surface area contributed by atoms with Gasteiger partial charge in [0, 0.05) is 17.5 Å². The Morgan fingerprint density at radius 2 is 2.00 bits per heavy atom. The smallest absolute Gasteiger partial charge is 0.416 e. The highest BCUT2D eigenvalue weighted by Gasteiger charge is 2.29. The van der Waals surface area contributed by atoms with Gasteiger partial charge in [0.2, 0.25) is 5.91 Å². The predicted molar refractivity (Wildman–Crippen MR) is 81.7 cm³/mol. The predicted octanol–water partition coefficient (Wildman–Crippen LogP) is 4.27. The Labute approximate surface area is 135 Å². The number of anilines is 1. The zero-order valence-electron chi connectivity index (χ0n) is 12.3. The SMILES string of the molecule is Cc1cnc(NC(=O)CCCOc2ccc(C(F)(F)F)cc2)s1. The minimum atomic E-state index is -4.36. The van der Waals surface area contributed by atoms with Crippen LogP contribution in [-0.4, -0.2) is 17.5 Å². The Morgan fingerprint density at radius 3 is 2.57 bits per heavy atom. The van der Waals surface area contributed by atoms with Crippen LogP contribution in [0.3, 0.4) is 0 Å². The van der Waals surface area contributed by atoms with Gasteiger partial charge in [0.05, 0.1) is 12.2 Å². The highest BCUT2D eigenvalue weighted by atomic mass is 32.1. The van der Waals surface area contributed by atoms with Crippen LogP contribution in [0.15, 0.2) is 30.5 Å². The van der Waals surface area contributed by atoms with Crippen LogP contribution in [0.4, 0.5) is 18.3 Å². The molecule has 0 atom stereocenters. The fourth-order valence-corrected chi connectivity index (χ4v) is 2.44. The number of ether oxygens (including phenoxy) is 1. The number of alkyl halides is 3. The lowest BCUT2D eigenvalue weighted by atomic mass is 10.2. The number of rotatable bonds is 6. The van der Waals surface area contributed by atoms with Crippen LogP contribution in [0.1, 0.15) is 23.3 Å². The van der Waals surface area contributed by atoms with Crippen LogP contribution in [0, 0.1) is 6.92 Å². The molecule has 1 amide bonds. The van der Waals surface area contributed by atoms with Gasteiger partial charge in [-0.15, -0.1) is 11.3 Å². The maximum Gasteiger partial charge on any atom is 0.416 e. The summed E-state index contributed by atoms with van der Waals surface area (Å²) in [5.74, 6) is 0.171. The average Bonchev–Trinajstić information content (AvgIpc) is 2.88. The second-order valence-corrected chi connectivity index (χ2v) is 6.03. The number of amides is 1. The van der Waals surface area contributed by atoms with Gasteiger partial charge >= 0.3 is 6.18 Å². The monoisotopic (exact) mass is 344 g/mol. The molecule has 0 spiro atoms. The molecule has 2 rings (SSSR count). The number of hydrogen-bond acceptors (Lipinski definition) is 4. The van der Waals surface area contributed by atoms with E-state index in [9.17, 15) is 18.0 Å². The lowest BCUT2D eigenvalue weighted by molar-refractivity contribution is -0.137. The summed E-state index contributed by atoms with van der Waals surface area (Å²) < 4.78 is 42.5. The average molecular weight is 344 g/mol. The molecule has 0 fully saturated rings. The van der Waals surface area contributed by atoms with Crippen LogP contribution in [0.2, 0.25) is 0 Å². The number of carbonyl (C=O) groups is 1. The van der Waals surface area contributed by atoms with Gasteiger partial charge in [0.25, 0.3) is 0 Å². The quantitative estimate of drug-likeness (QED) is 0.796. The second kappa shape index (κ2) is 7.45. The van der Waals surface area contributed by atoms with Crippen molar-refractivity contribution in [3.8, 4) is 5.75 Å². The van der Waals surface area contributed by atoms with Crippen molar-refractivity contribution in [2.45, 2.75) is 25.9 Å². The fourth-order valence-electron chi connectivity index (χ4n) is 1.76. The molecule has 2 aromatic rings. The minimum absolute atomic E-state index is 0.171. The van der Waals surface area contributed by atoms with E-state index in [1.54, 1.807) is 6.20 Å². The molecule has 1 aromatic carbocycles. The maximum absolute atomic E-state index is 12.4. The summed E-state index contributed by atoms with van der Waals surface area (Å²) in [6, 6.07) is 4.46.